The topological polar surface area (TPSA) is 76.9 Å². The van der Waals surface area contributed by atoms with Gasteiger partial charge in [0.2, 0.25) is 10.0 Å². The monoisotopic (exact) mass is 482 g/mol. The molecule has 1 aliphatic carbocycles. The van der Waals surface area contributed by atoms with Gasteiger partial charge in [-0.2, -0.15) is 13.2 Å². The zero-order valence-electron chi connectivity index (χ0n) is 16.2. The molecule has 1 aliphatic rings. The molecular formula is C18H22ClF3N4O2S2. The van der Waals surface area contributed by atoms with Crippen molar-refractivity contribution in [3.05, 3.63) is 34.6 Å². The minimum Gasteiger partial charge on any atom is -0.303 e. The maximum Gasteiger partial charge on any atom is 0.417 e. The molecule has 1 N–H and O–H groups in total. The van der Waals surface area contributed by atoms with Crippen LogP contribution in [0.25, 0.3) is 0 Å². The summed E-state index contributed by atoms with van der Waals surface area (Å²) in [5.41, 5.74) is -1.28. The fourth-order valence-corrected chi connectivity index (χ4v) is 5.66. The van der Waals surface area contributed by atoms with Crippen molar-refractivity contribution in [1.82, 2.24) is 19.5 Å². The van der Waals surface area contributed by atoms with Crippen molar-refractivity contribution in [2.24, 2.45) is 0 Å². The molecule has 1 aromatic carbocycles. The number of hydrogen-bond donors (Lipinski definition) is 1. The van der Waals surface area contributed by atoms with Crippen molar-refractivity contribution in [3.63, 3.8) is 0 Å². The second kappa shape index (κ2) is 9.46. The van der Waals surface area contributed by atoms with E-state index in [1.807, 2.05) is 6.26 Å². The van der Waals surface area contributed by atoms with E-state index in [0.29, 0.717) is 24.9 Å². The predicted molar refractivity (Wildman–Crippen MR) is 109 cm³/mol. The van der Waals surface area contributed by atoms with Crippen LogP contribution in [0.3, 0.4) is 0 Å². The van der Waals surface area contributed by atoms with Crippen molar-refractivity contribution in [2.45, 2.75) is 60.8 Å². The van der Waals surface area contributed by atoms with Gasteiger partial charge in [0.05, 0.1) is 10.5 Å². The van der Waals surface area contributed by atoms with Gasteiger partial charge < -0.3 is 4.57 Å². The number of thioether (sulfide) groups is 1. The number of benzene rings is 1. The number of aryl methyl sites for hydroxylation is 1. The standard InChI is InChI=1S/C18H22ClF3N4O2S2/c1-29-17-25-24-16(26(17)13-5-2-3-6-13)7-4-10-23-30(27,28)15-9-8-12(19)11-14(15)18(20,21)22/h8-9,11,13,23H,2-7,10H2,1H3. The van der Waals surface area contributed by atoms with Gasteiger partial charge in [-0.15, -0.1) is 10.2 Å². The average molecular weight is 483 g/mol. The summed E-state index contributed by atoms with van der Waals surface area (Å²) in [6.45, 7) is -0.0195. The normalized spacial score (nSPS) is 15.8. The molecule has 1 saturated carbocycles. The molecular weight excluding hydrogens is 461 g/mol. The Labute approximate surface area is 182 Å². The van der Waals surface area contributed by atoms with Crippen LogP contribution in [0.5, 0.6) is 0 Å². The summed E-state index contributed by atoms with van der Waals surface area (Å²) >= 11 is 7.13. The highest BCUT2D eigenvalue weighted by molar-refractivity contribution is 7.98. The first-order valence-corrected chi connectivity index (χ1v) is 12.6. The summed E-state index contributed by atoms with van der Waals surface area (Å²) < 4.78 is 69.0. The minimum atomic E-state index is -4.83. The fourth-order valence-electron chi connectivity index (χ4n) is 3.64. The van der Waals surface area contributed by atoms with Gasteiger partial charge in [-0.25, -0.2) is 13.1 Å². The molecule has 12 heteroatoms. The molecule has 0 atom stereocenters. The van der Waals surface area contributed by atoms with Crippen LogP contribution in [0, 0.1) is 0 Å². The maximum atomic E-state index is 13.2. The molecule has 0 spiro atoms. The van der Waals surface area contributed by atoms with Crippen LogP contribution in [-0.2, 0) is 22.6 Å². The van der Waals surface area contributed by atoms with Gasteiger partial charge in [-0.3, -0.25) is 0 Å². The van der Waals surface area contributed by atoms with Crippen molar-refractivity contribution in [2.75, 3.05) is 12.8 Å². The van der Waals surface area contributed by atoms with E-state index < -0.39 is 26.7 Å². The van der Waals surface area contributed by atoms with Crippen LogP contribution >= 0.6 is 23.4 Å². The van der Waals surface area contributed by atoms with Gasteiger partial charge in [0.1, 0.15) is 5.82 Å². The first-order valence-electron chi connectivity index (χ1n) is 9.47. The second-order valence-electron chi connectivity index (χ2n) is 7.05. The molecule has 166 valence electrons. The summed E-state index contributed by atoms with van der Waals surface area (Å²) in [5.74, 6) is 0.771. The molecule has 1 heterocycles. The first kappa shape index (κ1) is 23.4. The Kier molecular flexibility index (Phi) is 7.36. The Bertz CT molecular complexity index is 990. The van der Waals surface area contributed by atoms with E-state index in [1.54, 1.807) is 0 Å². The third-order valence-corrected chi connectivity index (χ3v) is 7.41. The summed E-state index contributed by atoms with van der Waals surface area (Å²) in [4.78, 5) is -0.835. The van der Waals surface area contributed by atoms with Gasteiger partial charge in [-0.1, -0.05) is 36.2 Å². The van der Waals surface area contributed by atoms with Gasteiger partial charge >= 0.3 is 6.18 Å². The van der Waals surface area contributed by atoms with E-state index in [2.05, 4.69) is 19.5 Å². The highest BCUT2D eigenvalue weighted by Gasteiger charge is 2.37. The number of halogens is 4. The number of rotatable bonds is 8. The summed E-state index contributed by atoms with van der Waals surface area (Å²) in [6.07, 6.45) is 2.37. The SMILES string of the molecule is CSc1nnc(CCCNS(=O)(=O)c2ccc(Cl)cc2C(F)(F)F)n1C1CCCC1. The molecule has 0 amide bonds. The van der Waals surface area contributed by atoms with Gasteiger partial charge in [0.25, 0.3) is 0 Å². The van der Waals surface area contributed by atoms with E-state index >= 15 is 0 Å². The maximum absolute atomic E-state index is 13.2. The van der Waals surface area contributed by atoms with E-state index in [-0.39, 0.29) is 11.6 Å². The lowest BCUT2D eigenvalue weighted by Crippen LogP contribution is -2.27. The van der Waals surface area contributed by atoms with Crippen molar-refractivity contribution in [1.29, 1.82) is 0 Å². The Balaban J connectivity index is 1.67. The molecule has 6 nitrogen and oxygen atoms in total. The molecule has 0 bridgehead atoms. The average Bonchev–Trinajstić information content (AvgIpc) is 3.33. The van der Waals surface area contributed by atoms with E-state index in [4.69, 9.17) is 11.6 Å². The predicted octanol–water partition coefficient (Wildman–Crippen LogP) is 4.70. The quantitative estimate of drug-likeness (QED) is 0.436. The molecule has 1 aromatic heterocycles. The van der Waals surface area contributed by atoms with Crippen LogP contribution in [0.15, 0.2) is 28.3 Å². The van der Waals surface area contributed by atoms with Crippen molar-refractivity contribution in [3.8, 4) is 0 Å². The zero-order chi connectivity index (χ0) is 21.9. The summed E-state index contributed by atoms with van der Waals surface area (Å²) in [5, 5.41) is 9.08. The molecule has 1 fully saturated rings. The third-order valence-electron chi connectivity index (χ3n) is 5.01. The van der Waals surface area contributed by atoms with Crippen LogP contribution in [0.4, 0.5) is 13.2 Å². The summed E-state index contributed by atoms with van der Waals surface area (Å²) in [7, 11) is -4.35. The van der Waals surface area contributed by atoms with Crippen LogP contribution in [-0.4, -0.2) is 36.0 Å². The number of hydrogen-bond acceptors (Lipinski definition) is 5. The lowest BCUT2D eigenvalue weighted by molar-refractivity contribution is -0.139. The molecule has 0 saturated heterocycles. The smallest absolute Gasteiger partial charge is 0.303 e. The number of alkyl halides is 3. The second-order valence-corrected chi connectivity index (χ2v) is 10.00. The van der Waals surface area contributed by atoms with Crippen molar-refractivity contribution >= 4 is 33.4 Å². The largest absolute Gasteiger partial charge is 0.417 e. The molecule has 0 radical (unpaired) electrons. The van der Waals surface area contributed by atoms with Crippen LogP contribution in [0.1, 0.15) is 49.5 Å². The lowest BCUT2D eigenvalue weighted by Gasteiger charge is -2.16. The highest BCUT2D eigenvalue weighted by atomic mass is 35.5. The first-order chi connectivity index (χ1) is 14.1. The highest BCUT2D eigenvalue weighted by Crippen LogP contribution is 2.36. The van der Waals surface area contributed by atoms with Crippen LogP contribution < -0.4 is 4.72 Å². The molecule has 0 aliphatic heterocycles. The number of sulfonamides is 1. The fraction of sp³-hybridized carbons (Fsp3) is 0.556. The Morgan fingerprint density at radius 2 is 1.97 bits per heavy atom. The van der Waals surface area contributed by atoms with E-state index in [9.17, 15) is 21.6 Å². The van der Waals surface area contributed by atoms with E-state index in [0.717, 1.165) is 48.8 Å². The lowest BCUT2D eigenvalue weighted by atomic mass is 10.2. The third kappa shape index (κ3) is 5.30. The zero-order valence-corrected chi connectivity index (χ0v) is 18.6. The Hall–Kier alpha value is -1.30. The van der Waals surface area contributed by atoms with Gasteiger partial charge in [-0.05, 0) is 43.7 Å². The number of nitrogens with zero attached hydrogens (tertiary/aromatic N) is 3. The number of nitrogens with one attached hydrogen (secondary N) is 1. The van der Waals surface area contributed by atoms with Crippen LogP contribution in [0.2, 0.25) is 5.02 Å². The number of aromatic nitrogens is 3. The van der Waals surface area contributed by atoms with Crippen molar-refractivity contribution < 1.29 is 21.6 Å². The molecule has 30 heavy (non-hydrogen) atoms. The van der Waals surface area contributed by atoms with Gasteiger partial charge in [0, 0.05) is 24.0 Å². The Morgan fingerprint density at radius 1 is 1.27 bits per heavy atom. The Morgan fingerprint density at radius 3 is 2.60 bits per heavy atom. The molecule has 3 rings (SSSR count). The van der Waals surface area contributed by atoms with Gasteiger partial charge in [0.15, 0.2) is 5.16 Å². The minimum absolute atomic E-state index is 0.0195. The molecule has 2 aromatic rings. The summed E-state index contributed by atoms with van der Waals surface area (Å²) in [6, 6.07) is 2.95. The van der Waals surface area contributed by atoms with E-state index in [1.165, 1.54) is 11.8 Å². The molecule has 0 unspecified atom stereocenters.